The number of nitrogens with two attached hydrogens (primary N) is 1. The Balaban J connectivity index is 2.80. The quantitative estimate of drug-likeness (QED) is 0.519. The molecule has 4 heteroatoms. The van der Waals surface area contributed by atoms with Crippen LogP contribution in [0.5, 0.6) is 0 Å². The van der Waals surface area contributed by atoms with Crippen LogP contribution in [-0.4, -0.2) is 28.8 Å². The van der Waals surface area contributed by atoms with Crippen molar-refractivity contribution in [2.75, 3.05) is 0 Å². The Kier molecular flexibility index (Phi) is 1.95. The van der Waals surface area contributed by atoms with Crippen molar-refractivity contribution < 1.29 is 9.59 Å². The van der Waals surface area contributed by atoms with Gasteiger partial charge in [0.25, 0.3) is 0 Å². The van der Waals surface area contributed by atoms with E-state index in [-0.39, 0.29) is 24.3 Å². The maximum absolute atomic E-state index is 11.1. The topological polar surface area (TPSA) is 63.4 Å². The van der Waals surface area contributed by atoms with Gasteiger partial charge in [0, 0.05) is 6.04 Å². The fourth-order valence-electron chi connectivity index (χ4n) is 1.22. The van der Waals surface area contributed by atoms with Gasteiger partial charge in [-0.1, -0.05) is 0 Å². The molecule has 1 aliphatic heterocycles. The van der Waals surface area contributed by atoms with Crippen molar-refractivity contribution in [2.24, 2.45) is 5.73 Å². The lowest BCUT2D eigenvalue weighted by Crippen LogP contribution is -2.39. The molecule has 4 nitrogen and oxygen atoms in total. The summed E-state index contributed by atoms with van der Waals surface area (Å²) in [6.07, 6.45) is 0.164. The van der Waals surface area contributed by atoms with Gasteiger partial charge in [-0.15, -0.1) is 0 Å². The van der Waals surface area contributed by atoms with E-state index < -0.39 is 6.04 Å². The predicted molar refractivity (Wildman–Crippen MR) is 39.6 cm³/mol. The maximum Gasteiger partial charge on any atom is 0.246 e. The van der Waals surface area contributed by atoms with Crippen molar-refractivity contribution in [1.29, 1.82) is 0 Å². The van der Waals surface area contributed by atoms with Gasteiger partial charge in [0.15, 0.2) is 0 Å². The Hall–Kier alpha value is -0.900. The SMILES string of the molecule is CC(C)N1C(=O)CC(N)C1=O. The van der Waals surface area contributed by atoms with E-state index in [1.807, 2.05) is 0 Å². The second-order valence-electron chi connectivity index (χ2n) is 3.01. The molecule has 1 rings (SSSR count). The van der Waals surface area contributed by atoms with Gasteiger partial charge in [0.1, 0.15) is 0 Å². The third kappa shape index (κ3) is 1.26. The fraction of sp³-hybridized carbons (Fsp3) is 0.714. The van der Waals surface area contributed by atoms with Crippen LogP contribution in [0.4, 0.5) is 0 Å². The normalized spacial score (nSPS) is 25.5. The average Bonchev–Trinajstić information content (AvgIpc) is 2.07. The zero-order chi connectivity index (χ0) is 8.59. The summed E-state index contributed by atoms with van der Waals surface area (Å²) in [4.78, 5) is 23.4. The monoisotopic (exact) mass is 156 g/mol. The molecule has 1 aliphatic rings. The summed E-state index contributed by atoms with van der Waals surface area (Å²) in [5, 5.41) is 0. The molecule has 1 unspecified atom stereocenters. The average molecular weight is 156 g/mol. The predicted octanol–water partition coefficient (Wildman–Crippen LogP) is -0.519. The van der Waals surface area contributed by atoms with Gasteiger partial charge in [-0.05, 0) is 13.8 Å². The standard InChI is InChI=1S/C7H12N2O2/c1-4(2)9-6(10)3-5(8)7(9)11/h4-5H,3,8H2,1-2H3. The minimum atomic E-state index is -0.607. The second-order valence-corrected chi connectivity index (χ2v) is 3.01. The fourth-order valence-corrected chi connectivity index (χ4v) is 1.22. The van der Waals surface area contributed by atoms with Gasteiger partial charge < -0.3 is 5.73 Å². The molecule has 2 N–H and O–H groups in total. The third-order valence-corrected chi connectivity index (χ3v) is 1.73. The molecule has 1 heterocycles. The summed E-state index contributed by atoms with van der Waals surface area (Å²) in [6.45, 7) is 3.60. The van der Waals surface area contributed by atoms with Crippen LogP contribution in [0.1, 0.15) is 20.3 Å². The largest absolute Gasteiger partial charge is 0.319 e. The first kappa shape index (κ1) is 8.20. The van der Waals surface area contributed by atoms with Gasteiger partial charge in [-0.3, -0.25) is 14.5 Å². The van der Waals surface area contributed by atoms with Gasteiger partial charge in [-0.2, -0.15) is 0 Å². The summed E-state index contributed by atoms with van der Waals surface area (Å²) in [6, 6.07) is -0.673. The molecule has 0 aromatic carbocycles. The van der Waals surface area contributed by atoms with Crippen LogP contribution in [0.25, 0.3) is 0 Å². The number of hydrogen-bond acceptors (Lipinski definition) is 3. The Labute approximate surface area is 65.3 Å². The molecule has 11 heavy (non-hydrogen) atoms. The number of carbonyl (C=O) groups is 2. The Bertz CT molecular complexity index is 201. The van der Waals surface area contributed by atoms with Gasteiger partial charge in [-0.25, -0.2) is 0 Å². The van der Waals surface area contributed by atoms with Crippen LogP contribution in [0.3, 0.4) is 0 Å². The van der Waals surface area contributed by atoms with E-state index >= 15 is 0 Å². The molecular weight excluding hydrogens is 144 g/mol. The van der Waals surface area contributed by atoms with Crippen LogP contribution in [0.15, 0.2) is 0 Å². The van der Waals surface area contributed by atoms with Crippen LogP contribution in [-0.2, 0) is 9.59 Å². The number of nitrogens with zero attached hydrogens (tertiary/aromatic N) is 1. The van der Waals surface area contributed by atoms with E-state index in [0.29, 0.717) is 0 Å². The highest BCUT2D eigenvalue weighted by Crippen LogP contribution is 2.13. The molecule has 1 saturated heterocycles. The first-order valence-corrected chi connectivity index (χ1v) is 3.65. The third-order valence-electron chi connectivity index (χ3n) is 1.73. The van der Waals surface area contributed by atoms with Crippen molar-refractivity contribution in [1.82, 2.24) is 4.90 Å². The Morgan fingerprint density at radius 2 is 2.09 bits per heavy atom. The molecule has 0 aliphatic carbocycles. The second kappa shape index (κ2) is 2.62. The first-order chi connectivity index (χ1) is 5.04. The van der Waals surface area contributed by atoms with Gasteiger partial charge in [0.05, 0.1) is 12.5 Å². The van der Waals surface area contributed by atoms with Crippen LogP contribution >= 0.6 is 0 Å². The number of rotatable bonds is 1. The molecule has 0 radical (unpaired) electrons. The van der Waals surface area contributed by atoms with Crippen molar-refractivity contribution in [3.05, 3.63) is 0 Å². The lowest BCUT2D eigenvalue weighted by molar-refractivity contribution is -0.140. The zero-order valence-electron chi connectivity index (χ0n) is 6.70. The summed E-state index contributed by atoms with van der Waals surface area (Å²) in [5.74, 6) is -0.400. The highest BCUT2D eigenvalue weighted by molar-refractivity contribution is 6.05. The zero-order valence-corrected chi connectivity index (χ0v) is 6.70. The Morgan fingerprint density at radius 1 is 1.55 bits per heavy atom. The minimum absolute atomic E-state index is 0.0662. The number of amides is 2. The van der Waals surface area contributed by atoms with Crippen molar-refractivity contribution >= 4 is 11.8 Å². The van der Waals surface area contributed by atoms with E-state index in [1.54, 1.807) is 13.8 Å². The molecule has 1 atom stereocenters. The first-order valence-electron chi connectivity index (χ1n) is 3.65. The molecular formula is C7H12N2O2. The molecule has 0 aromatic rings. The maximum atomic E-state index is 11.1. The van der Waals surface area contributed by atoms with Gasteiger partial charge >= 0.3 is 0 Å². The molecule has 2 amide bonds. The molecule has 62 valence electrons. The molecule has 0 saturated carbocycles. The summed E-state index contributed by atoms with van der Waals surface area (Å²) < 4.78 is 0. The molecule has 0 aromatic heterocycles. The molecule has 0 spiro atoms. The molecule has 0 bridgehead atoms. The minimum Gasteiger partial charge on any atom is -0.319 e. The molecule has 1 fully saturated rings. The van der Waals surface area contributed by atoms with E-state index in [2.05, 4.69) is 0 Å². The van der Waals surface area contributed by atoms with Crippen LogP contribution in [0, 0.1) is 0 Å². The van der Waals surface area contributed by atoms with E-state index in [0.717, 1.165) is 0 Å². The smallest absolute Gasteiger partial charge is 0.246 e. The van der Waals surface area contributed by atoms with E-state index in [9.17, 15) is 9.59 Å². The highest BCUT2D eigenvalue weighted by atomic mass is 16.2. The van der Waals surface area contributed by atoms with E-state index in [4.69, 9.17) is 5.73 Å². The van der Waals surface area contributed by atoms with E-state index in [1.165, 1.54) is 4.90 Å². The van der Waals surface area contributed by atoms with Crippen LogP contribution < -0.4 is 5.73 Å². The number of imide groups is 1. The van der Waals surface area contributed by atoms with Crippen LogP contribution in [0.2, 0.25) is 0 Å². The summed E-state index contributed by atoms with van der Waals surface area (Å²) >= 11 is 0. The number of hydrogen-bond donors (Lipinski definition) is 1. The lowest BCUT2D eigenvalue weighted by Gasteiger charge is -2.17. The van der Waals surface area contributed by atoms with Crippen molar-refractivity contribution in [3.8, 4) is 0 Å². The Morgan fingerprint density at radius 3 is 2.27 bits per heavy atom. The highest BCUT2D eigenvalue weighted by Gasteiger charge is 2.37. The van der Waals surface area contributed by atoms with Crippen molar-refractivity contribution in [3.63, 3.8) is 0 Å². The van der Waals surface area contributed by atoms with Crippen molar-refractivity contribution in [2.45, 2.75) is 32.4 Å². The number of carbonyl (C=O) groups excluding carboxylic acids is 2. The lowest BCUT2D eigenvalue weighted by atomic mass is 10.3. The number of likely N-dealkylation sites (tertiary alicyclic amines) is 1. The van der Waals surface area contributed by atoms with Gasteiger partial charge in [0.2, 0.25) is 11.8 Å². The summed E-state index contributed by atoms with van der Waals surface area (Å²) in [5.41, 5.74) is 5.38. The summed E-state index contributed by atoms with van der Waals surface area (Å²) in [7, 11) is 0.